The summed E-state index contributed by atoms with van der Waals surface area (Å²) in [4.78, 5) is 19.5. The number of halogens is 2. The van der Waals surface area contributed by atoms with Crippen LogP contribution >= 0.6 is 36.2 Å². The van der Waals surface area contributed by atoms with Gasteiger partial charge in [-0.3, -0.25) is 4.79 Å². The lowest BCUT2D eigenvalue weighted by molar-refractivity contribution is 0.0741. The van der Waals surface area contributed by atoms with Crippen LogP contribution in [-0.2, 0) is 0 Å². The molecule has 1 aliphatic rings. The van der Waals surface area contributed by atoms with Crippen molar-refractivity contribution in [3.8, 4) is 10.8 Å². The van der Waals surface area contributed by atoms with Crippen molar-refractivity contribution in [3.63, 3.8) is 0 Å². The molecule has 2 aromatic heterocycles. The van der Waals surface area contributed by atoms with Gasteiger partial charge in [-0.1, -0.05) is 0 Å². The molecule has 1 aliphatic heterocycles. The minimum Gasteiger partial charge on any atom is -0.462 e. The Morgan fingerprint density at radius 2 is 2.36 bits per heavy atom. The van der Waals surface area contributed by atoms with Gasteiger partial charge < -0.3 is 14.6 Å². The fourth-order valence-corrected chi connectivity index (χ4v) is 3.42. The zero-order chi connectivity index (χ0) is 13.9. The molecule has 1 saturated heterocycles. The van der Waals surface area contributed by atoms with E-state index < -0.39 is 0 Å². The molecule has 1 unspecified atom stereocenters. The molecular formula is C14H19Cl2N3O2S. The van der Waals surface area contributed by atoms with E-state index in [1.165, 1.54) is 11.3 Å². The molecule has 122 valence electrons. The molecular weight excluding hydrogens is 345 g/mol. The van der Waals surface area contributed by atoms with Crippen molar-refractivity contribution in [1.29, 1.82) is 0 Å². The average Bonchev–Trinajstić information content (AvgIpc) is 3.19. The molecule has 5 nitrogen and oxygen atoms in total. The van der Waals surface area contributed by atoms with Gasteiger partial charge in [0.15, 0.2) is 10.8 Å². The highest BCUT2D eigenvalue weighted by molar-refractivity contribution is 7.16. The van der Waals surface area contributed by atoms with E-state index in [9.17, 15) is 4.79 Å². The van der Waals surface area contributed by atoms with Crippen LogP contribution in [-0.4, -0.2) is 42.0 Å². The lowest BCUT2D eigenvalue weighted by atomic mass is 10.2. The molecule has 3 rings (SSSR count). The number of hydrogen-bond acceptors (Lipinski definition) is 5. The quantitative estimate of drug-likeness (QED) is 0.906. The smallest absolute Gasteiger partial charge is 0.265 e. The van der Waals surface area contributed by atoms with Crippen LogP contribution in [0.15, 0.2) is 29.0 Å². The standard InChI is InChI=1S/C14H17N3O2S.2ClH/c1-15-8-10-4-2-6-17(10)14(18)12-9-16-13(20-12)11-5-3-7-19-11;;/h3,5,7,9-10,15H,2,4,6,8H2,1H3;2*1H. The van der Waals surface area contributed by atoms with Crippen LogP contribution in [0.4, 0.5) is 0 Å². The van der Waals surface area contributed by atoms with Gasteiger partial charge in [0.2, 0.25) is 0 Å². The Morgan fingerprint density at radius 1 is 1.55 bits per heavy atom. The van der Waals surface area contributed by atoms with Gasteiger partial charge in [-0.15, -0.1) is 36.2 Å². The number of likely N-dealkylation sites (N-methyl/N-ethyl adjacent to an activating group) is 1. The Balaban J connectivity index is 0.00000121. The normalized spacial score (nSPS) is 17.0. The predicted octanol–water partition coefficient (Wildman–Crippen LogP) is 3.07. The number of carbonyl (C=O) groups is 1. The Labute approximate surface area is 145 Å². The van der Waals surface area contributed by atoms with Crippen LogP contribution in [0.5, 0.6) is 0 Å². The maximum Gasteiger partial charge on any atom is 0.265 e. The first kappa shape index (κ1) is 19.0. The number of aromatic nitrogens is 1. The molecule has 0 bridgehead atoms. The minimum atomic E-state index is 0. The molecule has 8 heteroatoms. The van der Waals surface area contributed by atoms with E-state index in [4.69, 9.17) is 4.42 Å². The largest absolute Gasteiger partial charge is 0.462 e. The molecule has 0 radical (unpaired) electrons. The monoisotopic (exact) mass is 363 g/mol. The Kier molecular flexibility index (Phi) is 7.35. The SMILES string of the molecule is CNCC1CCCN1C(=O)c1cnc(-c2ccco2)s1.Cl.Cl. The molecule has 1 N–H and O–H groups in total. The second kappa shape index (κ2) is 8.53. The summed E-state index contributed by atoms with van der Waals surface area (Å²) in [5.41, 5.74) is 0. The molecule has 22 heavy (non-hydrogen) atoms. The molecule has 1 atom stereocenters. The number of hydrogen-bond donors (Lipinski definition) is 1. The first-order valence-corrected chi connectivity index (χ1v) is 7.56. The van der Waals surface area contributed by atoms with Gasteiger partial charge >= 0.3 is 0 Å². The van der Waals surface area contributed by atoms with Gasteiger partial charge in [-0.05, 0) is 32.0 Å². The van der Waals surface area contributed by atoms with Crippen LogP contribution in [0.2, 0.25) is 0 Å². The maximum atomic E-state index is 12.6. The Bertz CT molecular complexity index is 589. The summed E-state index contributed by atoms with van der Waals surface area (Å²) in [5.74, 6) is 0.792. The van der Waals surface area contributed by atoms with Crippen LogP contribution in [0.25, 0.3) is 10.8 Å². The zero-order valence-corrected chi connectivity index (χ0v) is 14.6. The summed E-state index contributed by atoms with van der Waals surface area (Å²) >= 11 is 1.39. The highest BCUT2D eigenvalue weighted by Crippen LogP contribution is 2.28. The van der Waals surface area contributed by atoms with Crippen molar-refractivity contribution in [2.45, 2.75) is 18.9 Å². The first-order valence-electron chi connectivity index (χ1n) is 6.75. The Hall–Kier alpha value is -1.08. The van der Waals surface area contributed by atoms with Gasteiger partial charge in [0.25, 0.3) is 5.91 Å². The minimum absolute atomic E-state index is 0. The van der Waals surface area contributed by atoms with Gasteiger partial charge in [0, 0.05) is 19.1 Å². The van der Waals surface area contributed by atoms with E-state index in [2.05, 4.69) is 10.3 Å². The summed E-state index contributed by atoms with van der Waals surface area (Å²) in [7, 11) is 1.92. The molecule has 0 saturated carbocycles. The van der Waals surface area contributed by atoms with Gasteiger partial charge in [0.1, 0.15) is 4.88 Å². The highest BCUT2D eigenvalue weighted by Gasteiger charge is 2.30. The van der Waals surface area contributed by atoms with Crippen LogP contribution in [0.3, 0.4) is 0 Å². The van der Waals surface area contributed by atoms with Gasteiger partial charge in [0.05, 0.1) is 12.5 Å². The molecule has 2 aromatic rings. The fourth-order valence-electron chi connectivity index (χ4n) is 2.58. The summed E-state index contributed by atoms with van der Waals surface area (Å²) in [6.45, 7) is 1.68. The summed E-state index contributed by atoms with van der Waals surface area (Å²) in [6.07, 6.45) is 5.40. The van der Waals surface area contributed by atoms with Crippen LogP contribution in [0, 0.1) is 0 Å². The summed E-state index contributed by atoms with van der Waals surface area (Å²) < 4.78 is 5.31. The fraction of sp³-hybridized carbons (Fsp3) is 0.429. The molecule has 1 fully saturated rings. The Morgan fingerprint density at radius 3 is 3.05 bits per heavy atom. The molecule has 3 heterocycles. The first-order chi connectivity index (χ1) is 9.79. The number of likely N-dealkylation sites (tertiary alicyclic amines) is 1. The second-order valence-corrected chi connectivity index (χ2v) is 5.89. The molecule has 1 amide bonds. The zero-order valence-electron chi connectivity index (χ0n) is 12.2. The molecule has 0 aliphatic carbocycles. The van der Waals surface area contributed by atoms with E-state index in [0.717, 1.165) is 30.9 Å². The number of thiazole rings is 1. The number of rotatable bonds is 4. The third-order valence-corrected chi connectivity index (χ3v) is 4.53. The number of nitrogens with zero attached hydrogens (tertiary/aromatic N) is 2. The van der Waals surface area contributed by atoms with Crippen molar-refractivity contribution < 1.29 is 9.21 Å². The van der Waals surface area contributed by atoms with E-state index in [1.807, 2.05) is 24.1 Å². The number of nitrogens with one attached hydrogen (secondary N) is 1. The molecule has 0 spiro atoms. The lowest BCUT2D eigenvalue weighted by Gasteiger charge is -2.23. The van der Waals surface area contributed by atoms with Crippen molar-refractivity contribution in [1.82, 2.24) is 15.2 Å². The predicted molar refractivity (Wildman–Crippen MR) is 92.3 cm³/mol. The number of amides is 1. The second-order valence-electron chi connectivity index (χ2n) is 4.86. The van der Waals surface area contributed by atoms with Crippen molar-refractivity contribution in [2.75, 3.05) is 20.1 Å². The third kappa shape index (κ3) is 3.81. The van der Waals surface area contributed by atoms with Gasteiger partial charge in [-0.25, -0.2) is 4.98 Å². The van der Waals surface area contributed by atoms with Crippen molar-refractivity contribution in [3.05, 3.63) is 29.5 Å². The van der Waals surface area contributed by atoms with E-state index in [0.29, 0.717) is 16.7 Å². The lowest BCUT2D eigenvalue weighted by Crippen LogP contribution is -2.40. The summed E-state index contributed by atoms with van der Waals surface area (Å²) in [6, 6.07) is 3.97. The van der Waals surface area contributed by atoms with E-state index in [1.54, 1.807) is 12.5 Å². The van der Waals surface area contributed by atoms with Gasteiger partial charge in [-0.2, -0.15) is 0 Å². The number of furan rings is 1. The van der Waals surface area contributed by atoms with Crippen molar-refractivity contribution in [2.24, 2.45) is 0 Å². The topological polar surface area (TPSA) is 58.4 Å². The maximum absolute atomic E-state index is 12.6. The molecule has 0 aromatic carbocycles. The van der Waals surface area contributed by atoms with E-state index >= 15 is 0 Å². The van der Waals surface area contributed by atoms with Crippen LogP contribution in [0.1, 0.15) is 22.5 Å². The average molecular weight is 364 g/mol. The van der Waals surface area contributed by atoms with Crippen molar-refractivity contribution >= 4 is 42.1 Å². The van der Waals surface area contributed by atoms with E-state index in [-0.39, 0.29) is 30.7 Å². The number of carbonyl (C=O) groups excluding carboxylic acids is 1. The van der Waals surface area contributed by atoms with Crippen LogP contribution < -0.4 is 5.32 Å². The highest BCUT2D eigenvalue weighted by atomic mass is 35.5. The summed E-state index contributed by atoms with van der Waals surface area (Å²) in [5, 5.41) is 3.90. The third-order valence-electron chi connectivity index (χ3n) is 3.53.